The average molecular weight is 411 g/mol. The number of ether oxygens (including phenoxy) is 1. The first kappa shape index (κ1) is 20.2. The summed E-state index contributed by atoms with van der Waals surface area (Å²) in [5, 5.41) is 11.5. The number of alkyl halides is 3. The minimum atomic E-state index is -4.48. The van der Waals surface area contributed by atoms with Gasteiger partial charge in [0.05, 0.1) is 10.8 Å². The van der Waals surface area contributed by atoms with Crippen molar-refractivity contribution < 1.29 is 32.6 Å². The van der Waals surface area contributed by atoms with E-state index < -0.39 is 23.1 Å². The van der Waals surface area contributed by atoms with Crippen molar-refractivity contribution in [3.8, 4) is 5.75 Å². The number of nitrogens with one attached hydrogen (secondary N) is 1. The minimum absolute atomic E-state index is 0.111. The molecular formula is C19H16F3NO4S. The highest BCUT2D eigenvalue weighted by molar-refractivity contribution is 8.15. The van der Waals surface area contributed by atoms with Crippen molar-refractivity contribution in [2.75, 3.05) is 6.61 Å². The van der Waals surface area contributed by atoms with E-state index in [1.54, 1.807) is 24.3 Å². The number of imide groups is 1. The zero-order valence-corrected chi connectivity index (χ0v) is 15.2. The third-order valence-electron chi connectivity index (χ3n) is 4.12. The molecule has 2 N–H and O–H groups in total. The number of amides is 2. The van der Waals surface area contributed by atoms with Crippen molar-refractivity contribution in [3.63, 3.8) is 0 Å². The van der Waals surface area contributed by atoms with Gasteiger partial charge in [0, 0.05) is 0 Å². The number of rotatable bonds is 6. The van der Waals surface area contributed by atoms with E-state index in [4.69, 9.17) is 4.74 Å². The summed E-state index contributed by atoms with van der Waals surface area (Å²) >= 11 is 0.943. The molecule has 2 amide bonds. The maximum absolute atomic E-state index is 12.8. The fourth-order valence-corrected chi connectivity index (χ4v) is 3.52. The summed E-state index contributed by atoms with van der Waals surface area (Å²) in [5.74, 6) is 0.105. The van der Waals surface area contributed by atoms with E-state index >= 15 is 0 Å². The Morgan fingerprint density at radius 2 is 1.86 bits per heavy atom. The van der Waals surface area contributed by atoms with Gasteiger partial charge in [0.1, 0.15) is 18.5 Å². The van der Waals surface area contributed by atoms with Crippen molar-refractivity contribution >= 4 is 22.9 Å². The molecule has 0 radical (unpaired) electrons. The lowest BCUT2D eigenvalue weighted by atomic mass is 10.1. The van der Waals surface area contributed by atoms with E-state index in [-0.39, 0.29) is 23.3 Å². The third-order valence-corrected chi connectivity index (χ3v) is 5.10. The molecule has 2 atom stereocenters. The van der Waals surface area contributed by atoms with Crippen LogP contribution < -0.4 is 10.1 Å². The zero-order valence-electron chi connectivity index (χ0n) is 14.4. The second kappa shape index (κ2) is 8.24. The monoisotopic (exact) mass is 411 g/mol. The molecule has 0 aromatic heterocycles. The Hall–Kier alpha value is -2.52. The lowest BCUT2D eigenvalue weighted by Crippen LogP contribution is -2.25. The van der Waals surface area contributed by atoms with Crippen molar-refractivity contribution in [1.82, 2.24) is 5.32 Å². The van der Waals surface area contributed by atoms with Crippen molar-refractivity contribution in [1.29, 1.82) is 0 Å². The van der Waals surface area contributed by atoms with Gasteiger partial charge < -0.3 is 9.84 Å². The Labute approximate surface area is 162 Å². The lowest BCUT2D eigenvalue weighted by molar-refractivity contribution is -0.137. The summed E-state index contributed by atoms with van der Waals surface area (Å²) in [6, 6.07) is 11.2. The predicted octanol–water partition coefficient (Wildman–Crippen LogP) is 3.71. The third kappa shape index (κ3) is 5.05. The number of hydrogen-bond acceptors (Lipinski definition) is 5. The maximum Gasteiger partial charge on any atom is 0.416 e. The van der Waals surface area contributed by atoms with Gasteiger partial charge in [0.2, 0.25) is 5.91 Å². The molecule has 1 aliphatic rings. The van der Waals surface area contributed by atoms with Crippen LogP contribution in [0.1, 0.15) is 22.8 Å². The van der Waals surface area contributed by atoms with Gasteiger partial charge in [-0.2, -0.15) is 13.2 Å². The Morgan fingerprint density at radius 3 is 2.46 bits per heavy atom. The normalized spacial score (nSPS) is 18.1. The molecule has 28 heavy (non-hydrogen) atoms. The van der Waals surface area contributed by atoms with Crippen LogP contribution in [0.15, 0.2) is 48.5 Å². The molecule has 9 heteroatoms. The van der Waals surface area contributed by atoms with E-state index in [0.29, 0.717) is 12.2 Å². The number of carbonyl (C=O) groups is 2. The van der Waals surface area contributed by atoms with E-state index in [1.165, 1.54) is 12.1 Å². The second-order valence-electron chi connectivity index (χ2n) is 6.18. The molecule has 1 heterocycles. The largest absolute Gasteiger partial charge is 0.491 e. The molecule has 0 spiro atoms. The lowest BCUT2D eigenvalue weighted by Gasteiger charge is -2.15. The SMILES string of the molecule is O=C1NC(=O)C(Cc2ccc(OC[C@@H](O)c3cccc(C(F)(F)F)c3)cc2)S1. The Bertz CT molecular complexity index is 870. The summed E-state index contributed by atoms with van der Waals surface area (Å²) in [6.45, 7) is -0.212. The Morgan fingerprint density at radius 1 is 1.14 bits per heavy atom. The fraction of sp³-hybridized carbons (Fsp3) is 0.263. The Kier molecular flexibility index (Phi) is 5.95. The second-order valence-corrected chi connectivity index (χ2v) is 7.36. The van der Waals surface area contributed by atoms with Gasteiger partial charge in [-0.05, 0) is 41.8 Å². The van der Waals surface area contributed by atoms with Crippen LogP contribution >= 0.6 is 11.8 Å². The van der Waals surface area contributed by atoms with Gasteiger partial charge in [0.25, 0.3) is 5.24 Å². The number of carbonyl (C=O) groups excluding carboxylic acids is 2. The fourth-order valence-electron chi connectivity index (χ4n) is 2.66. The van der Waals surface area contributed by atoms with Crippen LogP contribution in [-0.2, 0) is 17.4 Å². The first-order chi connectivity index (χ1) is 13.2. The van der Waals surface area contributed by atoms with E-state index in [9.17, 15) is 27.9 Å². The highest BCUT2D eigenvalue weighted by Gasteiger charge is 2.32. The molecule has 3 rings (SSSR count). The van der Waals surface area contributed by atoms with Crippen LogP contribution in [0.2, 0.25) is 0 Å². The minimum Gasteiger partial charge on any atom is -0.491 e. The van der Waals surface area contributed by atoms with Gasteiger partial charge >= 0.3 is 6.18 Å². The number of hydrogen-bond donors (Lipinski definition) is 2. The highest BCUT2D eigenvalue weighted by Crippen LogP contribution is 2.31. The summed E-state index contributed by atoms with van der Waals surface area (Å²) in [4.78, 5) is 22.8. The zero-order chi connectivity index (χ0) is 20.3. The predicted molar refractivity (Wildman–Crippen MR) is 97.0 cm³/mol. The van der Waals surface area contributed by atoms with Crippen LogP contribution in [0.3, 0.4) is 0 Å². The molecule has 148 valence electrons. The van der Waals surface area contributed by atoms with Crippen molar-refractivity contribution in [3.05, 3.63) is 65.2 Å². The molecule has 0 bridgehead atoms. The van der Waals surface area contributed by atoms with Crippen LogP contribution in [0.25, 0.3) is 0 Å². The van der Waals surface area contributed by atoms with Gasteiger partial charge in [0.15, 0.2) is 0 Å². The standard InChI is InChI=1S/C19H16F3NO4S/c20-19(21,22)13-3-1-2-12(9-13)15(24)10-27-14-6-4-11(5-7-14)8-16-17(25)23-18(26)28-16/h1-7,9,15-16,24H,8,10H2,(H,23,25,26)/t15-,16?/m1/s1. The van der Waals surface area contributed by atoms with Gasteiger partial charge in [-0.3, -0.25) is 14.9 Å². The summed E-state index contributed by atoms with van der Waals surface area (Å²) in [7, 11) is 0. The summed E-state index contributed by atoms with van der Waals surface area (Å²) < 4.78 is 43.7. The maximum atomic E-state index is 12.8. The molecule has 0 aliphatic carbocycles. The Balaban J connectivity index is 1.56. The van der Waals surface area contributed by atoms with E-state index in [1.807, 2.05) is 0 Å². The van der Waals surface area contributed by atoms with Gasteiger partial charge in [-0.15, -0.1) is 0 Å². The quantitative estimate of drug-likeness (QED) is 0.758. The van der Waals surface area contributed by atoms with Crippen LogP contribution in [0.5, 0.6) is 5.75 Å². The molecule has 1 fully saturated rings. The molecule has 5 nitrogen and oxygen atoms in total. The molecule has 2 aromatic rings. The number of thioether (sulfide) groups is 1. The molecule has 0 saturated carbocycles. The van der Waals surface area contributed by atoms with Crippen molar-refractivity contribution in [2.45, 2.75) is 24.0 Å². The number of benzene rings is 2. The van der Waals surface area contributed by atoms with Crippen LogP contribution in [0.4, 0.5) is 18.0 Å². The summed E-state index contributed by atoms with van der Waals surface area (Å²) in [6.07, 6.45) is -5.31. The molecular weight excluding hydrogens is 395 g/mol. The van der Waals surface area contributed by atoms with Gasteiger partial charge in [-0.25, -0.2) is 0 Å². The number of halogens is 3. The summed E-state index contributed by atoms with van der Waals surface area (Å²) in [5.41, 5.74) is 0.106. The van der Waals surface area contributed by atoms with Crippen LogP contribution in [-0.4, -0.2) is 28.1 Å². The highest BCUT2D eigenvalue weighted by atomic mass is 32.2. The van der Waals surface area contributed by atoms with Crippen LogP contribution in [0, 0.1) is 0 Å². The first-order valence-corrected chi connectivity index (χ1v) is 9.19. The van der Waals surface area contributed by atoms with Gasteiger partial charge in [-0.1, -0.05) is 36.0 Å². The first-order valence-electron chi connectivity index (χ1n) is 8.31. The molecule has 1 saturated heterocycles. The van der Waals surface area contributed by atoms with E-state index in [0.717, 1.165) is 29.5 Å². The number of aliphatic hydroxyl groups excluding tert-OH is 1. The molecule has 2 aromatic carbocycles. The van der Waals surface area contributed by atoms with E-state index in [2.05, 4.69) is 5.32 Å². The average Bonchev–Trinajstić information content (AvgIpc) is 2.97. The molecule has 1 unspecified atom stereocenters. The topological polar surface area (TPSA) is 75.6 Å². The molecule has 1 aliphatic heterocycles. The van der Waals surface area contributed by atoms with Crippen molar-refractivity contribution in [2.24, 2.45) is 0 Å². The number of aliphatic hydroxyl groups is 1. The smallest absolute Gasteiger partial charge is 0.416 e.